The molecule has 0 radical (unpaired) electrons. The van der Waals surface area contributed by atoms with Crippen molar-refractivity contribution in [1.29, 1.82) is 0 Å². The van der Waals surface area contributed by atoms with E-state index in [0.29, 0.717) is 17.4 Å². The smallest absolute Gasteiger partial charge is 0.268 e. The van der Waals surface area contributed by atoms with Gasteiger partial charge in [0.05, 0.1) is 39.9 Å². The highest BCUT2D eigenvalue weighted by atomic mass is 31.2. The van der Waals surface area contributed by atoms with Crippen LogP contribution < -0.4 is 10.2 Å². The molecule has 0 aromatic carbocycles. The maximum Gasteiger partial charge on any atom is 0.268 e. The van der Waals surface area contributed by atoms with Gasteiger partial charge in [0.2, 0.25) is 5.91 Å². The molecule has 1 amide bonds. The fourth-order valence-corrected chi connectivity index (χ4v) is 3.99. The van der Waals surface area contributed by atoms with E-state index in [9.17, 15) is 19.4 Å². The predicted octanol–water partition coefficient (Wildman–Crippen LogP) is 4.32. The number of aliphatic hydroxyl groups excluding tert-OH is 1. The molecule has 9 heteroatoms. The zero-order chi connectivity index (χ0) is 25.9. The number of nitrogens with one attached hydrogen (secondary N) is 1. The minimum atomic E-state index is -4.54. The Balaban J connectivity index is 4.69. The monoisotopic (exact) mass is 506 g/mol. The topological polar surface area (TPSA) is 108 Å². The minimum Gasteiger partial charge on any atom is -0.756 e. The number of carbonyl (C=O) groups excluding carboxylic acids is 1. The highest BCUT2D eigenvalue weighted by Crippen LogP contribution is 2.38. The van der Waals surface area contributed by atoms with Crippen molar-refractivity contribution in [2.45, 2.75) is 103 Å². The first kappa shape index (κ1) is 33.2. The largest absolute Gasteiger partial charge is 0.756 e. The molecule has 0 aromatic rings. The standard InChI is InChI=1S/C25H51N2O6P/c1-6-8-10-11-12-13-14-15-17-18-24(28)23(26-25(29)19-16-9-7-2)22-33-34(30,31)32-21-20-27(3,4)5/h17-18,23-24,28H,6-16,19-22H2,1-5H3,(H-,26,29,30,31)/b18-17+. The molecule has 0 heterocycles. The summed E-state index contributed by atoms with van der Waals surface area (Å²) in [4.78, 5) is 24.4. The Kier molecular flexibility index (Phi) is 19.0. The lowest BCUT2D eigenvalue weighted by molar-refractivity contribution is -0.870. The Hall–Kier alpha value is -0.760. The van der Waals surface area contributed by atoms with Crippen molar-refractivity contribution in [3.05, 3.63) is 12.2 Å². The van der Waals surface area contributed by atoms with E-state index >= 15 is 0 Å². The van der Waals surface area contributed by atoms with Gasteiger partial charge in [-0.25, -0.2) is 0 Å². The number of amides is 1. The van der Waals surface area contributed by atoms with Gasteiger partial charge in [0.25, 0.3) is 7.82 Å². The fourth-order valence-electron chi connectivity index (χ4n) is 3.26. The van der Waals surface area contributed by atoms with Gasteiger partial charge in [-0.05, 0) is 19.3 Å². The summed E-state index contributed by atoms with van der Waals surface area (Å²) in [5.74, 6) is -0.228. The molecule has 0 aliphatic rings. The van der Waals surface area contributed by atoms with Crippen LogP contribution in [-0.4, -0.2) is 68.5 Å². The number of aliphatic hydroxyl groups is 1. The van der Waals surface area contributed by atoms with E-state index in [2.05, 4.69) is 19.2 Å². The summed E-state index contributed by atoms with van der Waals surface area (Å²) >= 11 is 0. The number of nitrogens with zero attached hydrogens (tertiary/aromatic N) is 1. The normalized spacial score (nSPS) is 15.9. The van der Waals surface area contributed by atoms with Crippen LogP contribution >= 0.6 is 7.82 Å². The Bertz CT molecular complexity index is 594. The summed E-state index contributed by atoms with van der Waals surface area (Å²) in [7, 11) is 1.25. The zero-order valence-corrected chi connectivity index (χ0v) is 23.2. The molecule has 0 aromatic heterocycles. The van der Waals surface area contributed by atoms with Crippen LogP contribution in [0.4, 0.5) is 0 Å². The highest BCUT2D eigenvalue weighted by Gasteiger charge is 2.23. The van der Waals surface area contributed by atoms with E-state index in [1.807, 2.05) is 27.2 Å². The molecule has 3 atom stereocenters. The number of allylic oxidation sites excluding steroid dienone is 1. The molecule has 0 spiro atoms. The quantitative estimate of drug-likeness (QED) is 0.0980. The summed E-state index contributed by atoms with van der Waals surface area (Å²) in [6.07, 6.45) is 14.8. The number of carbonyl (C=O) groups is 1. The fraction of sp³-hybridized carbons (Fsp3) is 0.880. The molecule has 0 rings (SSSR count). The first-order valence-corrected chi connectivity index (χ1v) is 14.5. The molecular formula is C25H51N2O6P. The molecule has 0 saturated heterocycles. The van der Waals surface area contributed by atoms with Gasteiger partial charge in [-0.2, -0.15) is 0 Å². The average molecular weight is 507 g/mol. The van der Waals surface area contributed by atoms with E-state index in [1.54, 1.807) is 6.08 Å². The molecule has 2 N–H and O–H groups in total. The van der Waals surface area contributed by atoms with Crippen LogP contribution in [0.2, 0.25) is 0 Å². The van der Waals surface area contributed by atoms with Crippen LogP contribution in [0, 0.1) is 0 Å². The van der Waals surface area contributed by atoms with Crippen molar-refractivity contribution in [3.63, 3.8) is 0 Å². The van der Waals surface area contributed by atoms with Gasteiger partial charge in [-0.1, -0.05) is 77.4 Å². The lowest BCUT2D eigenvalue weighted by Crippen LogP contribution is -2.45. The second-order valence-corrected chi connectivity index (χ2v) is 11.5. The summed E-state index contributed by atoms with van der Waals surface area (Å²) < 4.78 is 22.6. The maximum atomic E-state index is 12.3. The molecular weight excluding hydrogens is 455 g/mol. The highest BCUT2D eigenvalue weighted by molar-refractivity contribution is 7.45. The third kappa shape index (κ3) is 20.6. The number of unbranched alkanes of at least 4 members (excludes halogenated alkanes) is 9. The van der Waals surface area contributed by atoms with Gasteiger partial charge >= 0.3 is 0 Å². The second-order valence-electron chi connectivity index (χ2n) is 10.0. The van der Waals surface area contributed by atoms with Crippen molar-refractivity contribution in [2.24, 2.45) is 0 Å². The van der Waals surface area contributed by atoms with Gasteiger partial charge < -0.3 is 28.8 Å². The second kappa shape index (κ2) is 19.4. The van der Waals surface area contributed by atoms with E-state index in [4.69, 9.17) is 9.05 Å². The van der Waals surface area contributed by atoms with Crippen LogP contribution in [0.5, 0.6) is 0 Å². The Labute approximate surface area is 208 Å². The maximum absolute atomic E-state index is 12.3. The van der Waals surface area contributed by atoms with Gasteiger partial charge in [0, 0.05) is 6.42 Å². The summed E-state index contributed by atoms with van der Waals surface area (Å²) in [6, 6.07) is -0.872. The first-order chi connectivity index (χ1) is 16.0. The van der Waals surface area contributed by atoms with E-state index in [1.165, 1.54) is 32.1 Å². The lowest BCUT2D eigenvalue weighted by Gasteiger charge is -2.29. The third-order valence-corrected chi connectivity index (χ3v) is 6.46. The first-order valence-electron chi connectivity index (χ1n) is 13.1. The van der Waals surface area contributed by atoms with Crippen molar-refractivity contribution in [2.75, 3.05) is 40.9 Å². The van der Waals surface area contributed by atoms with Gasteiger partial charge in [0.15, 0.2) is 0 Å². The number of quaternary nitrogens is 1. The number of hydrogen-bond donors (Lipinski definition) is 2. The number of phosphoric ester groups is 1. The summed E-state index contributed by atoms with van der Waals surface area (Å²) in [5.41, 5.74) is 0. The molecule has 8 nitrogen and oxygen atoms in total. The molecule has 0 saturated carbocycles. The molecule has 3 unspecified atom stereocenters. The Morgan fingerprint density at radius 2 is 1.59 bits per heavy atom. The number of rotatable bonds is 22. The van der Waals surface area contributed by atoms with Crippen molar-refractivity contribution in [3.8, 4) is 0 Å². The van der Waals surface area contributed by atoms with E-state index in [0.717, 1.165) is 38.5 Å². The summed E-state index contributed by atoms with van der Waals surface area (Å²) in [5, 5.41) is 13.3. The molecule has 202 valence electrons. The van der Waals surface area contributed by atoms with Crippen LogP contribution in [0.15, 0.2) is 12.2 Å². The van der Waals surface area contributed by atoms with Crippen molar-refractivity contribution in [1.82, 2.24) is 5.32 Å². The van der Waals surface area contributed by atoms with Gasteiger partial charge in [-0.3, -0.25) is 9.36 Å². The third-order valence-electron chi connectivity index (χ3n) is 5.50. The number of likely N-dealkylation sites (N-methyl/N-ethyl adjacent to an activating group) is 1. The van der Waals surface area contributed by atoms with E-state index in [-0.39, 0.29) is 19.1 Å². The van der Waals surface area contributed by atoms with Crippen molar-refractivity contribution < 1.29 is 32.9 Å². The Morgan fingerprint density at radius 3 is 2.21 bits per heavy atom. The zero-order valence-electron chi connectivity index (χ0n) is 22.3. The number of hydrogen-bond acceptors (Lipinski definition) is 6. The minimum absolute atomic E-state index is 0.000772. The van der Waals surface area contributed by atoms with Crippen LogP contribution in [0.25, 0.3) is 0 Å². The molecule has 0 fully saturated rings. The molecule has 0 aliphatic heterocycles. The SMILES string of the molecule is CCCCCCCCC/C=C/C(O)C(COP(=O)([O-])OCC[N+](C)(C)C)NC(=O)CCCCC. The molecule has 0 bridgehead atoms. The van der Waals surface area contributed by atoms with Crippen molar-refractivity contribution >= 4 is 13.7 Å². The van der Waals surface area contributed by atoms with Crippen LogP contribution in [0.1, 0.15) is 90.9 Å². The van der Waals surface area contributed by atoms with Crippen LogP contribution in [0.3, 0.4) is 0 Å². The lowest BCUT2D eigenvalue weighted by atomic mass is 10.1. The van der Waals surface area contributed by atoms with Crippen LogP contribution in [-0.2, 0) is 18.4 Å². The Morgan fingerprint density at radius 1 is 1.00 bits per heavy atom. The van der Waals surface area contributed by atoms with Gasteiger partial charge in [0.1, 0.15) is 13.2 Å². The summed E-state index contributed by atoms with van der Waals surface area (Å²) in [6.45, 7) is 4.37. The van der Waals surface area contributed by atoms with E-state index < -0.39 is 20.0 Å². The molecule has 0 aliphatic carbocycles. The number of phosphoric acid groups is 1. The molecule has 34 heavy (non-hydrogen) atoms. The average Bonchev–Trinajstić information content (AvgIpc) is 2.74. The predicted molar refractivity (Wildman–Crippen MR) is 136 cm³/mol. The van der Waals surface area contributed by atoms with Gasteiger partial charge in [-0.15, -0.1) is 0 Å².